The summed E-state index contributed by atoms with van der Waals surface area (Å²) in [7, 11) is 0. The summed E-state index contributed by atoms with van der Waals surface area (Å²) in [5.41, 5.74) is 1.54. The van der Waals surface area contributed by atoms with E-state index in [9.17, 15) is 0 Å². The predicted molar refractivity (Wildman–Crippen MR) is 61.9 cm³/mol. The van der Waals surface area contributed by atoms with Crippen molar-refractivity contribution >= 4 is 11.1 Å². The van der Waals surface area contributed by atoms with Crippen LogP contribution in [0.5, 0.6) is 0 Å². The highest BCUT2D eigenvalue weighted by atomic mass is 16.4. The van der Waals surface area contributed by atoms with Gasteiger partial charge in [0.1, 0.15) is 11.8 Å². The van der Waals surface area contributed by atoms with E-state index in [1.807, 2.05) is 19.9 Å². The van der Waals surface area contributed by atoms with Crippen molar-refractivity contribution in [3.05, 3.63) is 30.5 Å². The second kappa shape index (κ2) is 5.82. The molecule has 0 spiro atoms. The van der Waals surface area contributed by atoms with Gasteiger partial charge in [-0.1, -0.05) is 27.0 Å². The number of hydrogen-bond donors (Lipinski definition) is 0. The van der Waals surface area contributed by atoms with Gasteiger partial charge in [-0.25, -0.2) is 4.98 Å². The lowest BCUT2D eigenvalue weighted by atomic mass is 10.1. The zero-order chi connectivity index (χ0) is 12.0. The van der Waals surface area contributed by atoms with Crippen LogP contribution in [0, 0.1) is 18.3 Å². The monoisotopic (exact) mass is 204 g/mol. The first-order valence-corrected chi connectivity index (χ1v) is 4.79. The molecular weight excluding hydrogens is 188 g/mol. The third kappa shape index (κ3) is 3.10. The van der Waals surface area contributed by atoms with Crippen LogP contribution in [0.3, 0.4) is 0 Å². The number of nitrogens with zero attached hydrogens (tertiary/aromatic N) is 2. The van der Waals surface area contributed by atoms with Crippen LogP contribution in [-0.4, -0.2) is 4.98 Å². The largest absolute Gasteiger partial charge is 0.441 e. The number of hydrogen-bond acceptors (Lipinski definition) is 3. The van der Waals surface area contributed by atoms with Crippen molar-refractivity contribution in [2.75, 3.05) is 0 Å². The summed E-state index contributed by atoms with van der Waals surface area (Å²) in [5, 5.41) is 8.64. The van der Waals surface area contributed by atoms with Gasteiger partial charge in [-0.2, -0.15) is 5.26 Å². The summed E-state index contributed by atoms with van der Waals surface area (Å²) in [5.74, 6) is 1.06. The van der Waals surface area contributed by atoms with Crippen molar-refractivity contribution in [2.45, 2.75) is 27.7 Å². The SMILES string of the molecule is C=C(C#N)c1nc(C)oc1C(=C)C.CC. The molecule has 0 aliphatic carbocycles. The maximum atomic E-state index is 8.64. The lowest BCUT2D eigenvalue weighted by Gasteiger charge is -1.94. The van der Waals surface area contributed by atoms with Crippen LogP contribution in [0.2, 0.25) is 0 Å². The molecule has 0 fully saturated rings. The van der Waals surface area contributed by atoms with Crippen molar-refractivity contribution in [3.63, 3.8) is 0 Å². The molecule has 3 heteroatoms. The molecule has 0 aliphatic rings. The second-order valence-electron chi connectivity index (χ2n) is 2.78. The van der Waals surface area contributed by atoms with Crippen LogP contribution in [0.15, 0.2) is 17.6 Å². The van der Waals surface area contributed by atoms with Crippen molar-refractivity contribution in [3.8, 4) is 6.07 Å². The fourth-order valence-corrected chi connectivity index (χ4v) is 0.974. The van der Waals surface area contributed by atoms with Gasteiger partial charge >= 0.3 is 0 Å². The minimum Gasteiger partial charge on any atom is -0.441 e. The Morgan fingerprint density at radius 1 is 1.40 bits per heavy atom. The van der Waals surface area contributed by atoms with Crippen molar-refractivity contribution in [1.29, 1.82) is 5.26 Å². The molecule has 0 amide bonds. The van der Waals surface area contributed by atoms with Gasteiger partial charge in [-0.3, -0.25) is 0 Å². The van der Waals surface area contributed by atoms with Gasteiger partial charge in [0.15, 0.2) is 11.7 Å². The summed E-state index contributed by atoms with van der Waals surface area (Å²) >= 11 is 0. The molecule has 0 saturated heterocycles. The van der Waals surface area contributed by atoms with Crippen LogP contribution in [-0.2, 0) is 0 Å². The highest BCUT2D eigenvalue weighted by Gasteiger charge is 2.13. The Balaban J connectivity index is 0.000000921. The van der Waals surface area contributed by atoms with Crippen LogP contribution >= 0.6 is 0 Å². The number of nitriles is 1. The molecule has 0 unspecified atom stereocenters. The number of aromatic nitrogens is 1. The molecule has 15 heavy (non-hydrogen) atoms. The quantitative estimate of drug-likeness (QED) is 0.692. The molecule has 0 N–H and O–H groups in total. The summed E-state index contributed by atoms with van der Waals surface area (Å²) in [4.78, 5) is 4.05. The van der Waals surface area contributed by atoms with E-state index in [0.717, 1.165) is 5.57 Å². The third-order valence-corrected chi connectivity index (χ3v) is 1.54. The second-order valence-corrected chi connectivity index (χ2v) is 2.78. The average molecular weight is 204 g/mol. The molecule has 1 heterocycles. The molecule has 0 aromatic carbocycles. The first-order valence-electron chi connectivity index (χ1n) is 4.79. The number of oxazole rings is 1. The van der Waals surface area contributed by atoms with Crippen molar-refractivity contribution < 1.29 is 4.42 Å². The Kier molecular flexibility index (Phi) is 5.11. The Bertz CT molecular complexity index is 408. The zero-order valence-corrected chi connectivity index (χ0v) is 9.72. The van der Waals surface area contributed by atoms with Gasteiger partial charge in [0.25, 0.3) is 0 Å². The summed E-state index contributed by atoms with van der Waals surface area (Å²) in [6.45, 7) is 14.8. The van der Waals surface area contributed by atoms with Crippen molar-refractivity contribution in [2.24, 2.45) is 0 Å². The molecule has 1 rings (SSSR count). The first-order chi connectivity index (χ1) is 7.06. The molecule has 0 atom stereocenters. The summed E-state index contributed by atoms with van der Waals surface area (Å²) < 4.78 is 5.28. The van der Waals surface area contributed by atoms with Gasteiger partial charge in [0.2, 0.25) is 0 Å². The fraction of sp³-hybridized carbons (Fsp3) is 0.333. The highest BCUT2D eigenvalue weighted by Crippen LogP contribution is 2.23. The molecular formula is C12H16N2O. The van der Waals surface area contributed by atoms with Crippen molar-refractivity contribution in [1.82, 2.24) is 4.98 Å². The van der Waals surface area contributed by atoms with Gasteiger partial charge in [0, 0.05) is 6.92 Å². The summed E-state index contributed by atoms with van der Waals surface area (Å²) in [6, 6.07) is 1.93. The Labute approximate surface area is 90.7 Å². The molecule has 1 aromatic rings. The van der Waals surface area contributed by atoms with E-state index in [4.69, 9.17) is 9.68 Å². The smallest absolute Gasteiger partial charge is 0.192 e. The molecule has 0 bridgehead atoms. The molecule has 0 saturated carbocycles. The van der Waals surface area contributed by atoms with Gasteiger partial charge in [0.05, 0.1) is 5.57 Å². The van der Waals surface area contributed by atoms with Crippen LogP contribution < -0.4 is 0 Å². The number of rotatable bonds is 2. The van der Waals surface area contributed by atoms with E-state index >= 15 is 0 Å². The number of allylic oxidation sites excluding steroid dienone is 2. The molecule has 80 valence electrons. The normalized spacial score (nSPS) is 8.47. The Morgan fingerprint density at radius 2 is 1.93 bits per heavy atom. The van der Waals surface area contributed by atoms with Crippen LogP contribution in [0.4, 0.5) is 0 Å². The molecule has 0 aliphatic heterocycles. The maximum Gasteiger partial charge on any atom is 0.192 e. The standard InChI is InChI=1S/C10H10N2O.C2H6/c1-6(2)10-9(7(3)5-11)12-8(4)13-10;1-2/h1,3H2,2,4H3;1-2H3. The Morgan fingerprint density at radius 3 is 2.33 bits per heavy atom. The fourth-order valence-electron chi connectivity index (χ4n) is 0.974. The van der Waals surface area contributed by atoms with Gasteiger partial charge in [-0.05, 0) is 12.5 Å². The van der Waals surface area contributed by atoms with Gasteiger partial charge < -0.3 is 4.42 Å². The lowest BCUT2D eigenvalue weighted by molar-refractivity contribution is 0.509. The van der Waals surface area contributed by atoms with E-state index < -0.39 is 0 Å². The summed E-state index contributed by atoms with van der Waals surface area (Å²) in [6.07, 6.45) is 0. The average Bonchev–Trinajstić information content (AvgIpc) is 2.62. The third-order valence-electron chi connectivity index (χ3n) is 1.54. The lowest BCUT2D eigenvalue weighted by Crippen LogP contribution is -1.85. The number of aryl methyl sites for hydroxylation is 1. The Hall–Kier alpha value is -1.82. The first kappa shape index (κ1) is 13.2. The highest BCUT2D eigenvalue weighted by molar-refractivity contribution is 5.79. The van der Waals surface area contributed by atoms with Gasteiger partial charge in [-0.15, -0.1) is 0 Å². The molecule has 1 aromatic heterocycles. The maximum absolute atomic E-state index is 8.64. The van der Waals surface area contributed by atoms with Crippen LogP contribution in [0.1, 0.15) is 38.1 Å². The minimum atomic E-state index is 0.301. The van der Waals surface area contributed by atoms with E-state index in [2.05, 4.69) is 18.1 Å². The molecule has 3 nitrogen and oxygen atoms in total. The van der Waals surface area contributed by atoms with Crippen LogP contribution in [0.25, 0.3) is 11.1 Å². The zero-order valence-electron chi connectivity index (χ0n) is 9.72. The predicted octanol–water partition coefficient (Wildman–Crippen LogP) is 3.58. The van der Waals surface area contributed by atoms with E-state index in [-0.39, 0.29) is 0 Å². The van der Waals surface area contributed by atoms with E-state index in [0.29, 0.717) is 22.9 Å². The molecule has 0 radical (unpaired) electrons. The topological polar surface area (TPSA) is 49.8 Å². The van der Waals surface area contributed by atoms with E-state index in [1.165, 1.54) is 0 Å². The minimum absolute atomic E-state index is 0.301. The van der Waals surface area contributed by atoms with E-state index in [1.54, 1.807) is 13.8 Å².